The maximum atomic E-state index is 13.9. The van der Waals surface area contributed by atoms with Gasteiger partial charge in [0, 0.05) is 19.4 Å². The van der Waals surface area contributed by atoms with E-state index in [4.69, 9.17) is 9.15 Å². The number of carbonyl (C=O) groups is 2. The minimum absolute atomic E-state index is 0.0313. The molecule has 2 aliphatic heterocycles. The molecule has 8 heteroatoms. The second kappa shape index (κ2) is 10.9. The molecule has 0 radical (unpaired) electrons. The highest BCUT2D eigenvalue weighted by molar-refractivity contribution is 6.07. The van der Waals surface area contributed by atoms with Crippen LogP contribution in [0.5, 0.6) is 0 Å². The summed E-state index contributed by atoms with van der Waals surface area (Å²) in [5.74, 6) is 1.67. The van der Waals surface area contributed by atoms with E-state index >= 15 is 0 Å². The number of rotatable bonds is 10. The van der Waals surface area contributed by atoms with Gasteiger partial charge in [-0.05, 0) is 81.6 Å². The van der Waals surface area contributed by atoms with E-state index in [1.807, 2.05) is 25.1 Å². The van der Waals surface area contributed by atoms with Gasteiger partial charge in [-0.2, -0.15) is 0 Å². The van der Waals surface area contributed by atoms with E-state index in [2.05, 4.69) is 17.1 Å². The molecule has 1 N–H and O–H groups in total. The van der Waals surface area contributed by atoms with Crippen molar-refractivity contribution in [2.45, 2.75) is 51.0 Å². The van der Waals surface area contributed by atoms with Gasteiger partial charge in [0.2, 0.25) is 0 Å². The number of hydrogen-bond acceptors (Lipinski definition) is 5. The number of urea groups is 1. The molecule has 3 amide bonds. The lowest BCUT2D eigenvalue weighted by Crippen LogP contribution is -2.57. The van der Waals surface area contributed by atoms with E-state index in [1.165, 1.54) is 17.0 Å². The molecular formula is C27H36FN3O4. The van der Waals surface area contributed by atoms with Crippen molar-refractivity contribution >= 4 is 11.9 Å². The summed E-state index contributed by atoms with van der Waals surface area (Å²) in [5, 5.41) is 3.03. The SMILES string of the molecule is COCCN1C(=O)N[C@](Cc2cccc(F)c2)(C2CCN(CC[C@H](C)c3ccc(C)o3)CC2)C1=O. The predicted molar refractivity (Wildman–Crippen MR) is 131 cm³/mol. The maximum Gasteiger partial charge on any atom is 0.325 e. The molecule has 7 nitrogen and oxygen atoms in total. The molecule has 3 heterocycles. The highest BCUT2D eigenvalue weighted by Crippen LogP contribution is 2.37. The zero-order valence-corrected chi connectivity index (χ0v) is 20.9. The summed E-state index contributed by atoms with van der Waals surface area (Å²) in [6.45, 7) is 7.27. The normalized spacial score (nSPS) is 22.6. The number of halogens is 1. The van der Waals surface area contributed by atoms with Crippen LogP contribution < -0.4 is 5.32 Å². The number of methoxy groups -OCH3 is 1. The van der Waals surface area contributed by atoms with Crippen molar-refractivity contribution in [2.24, 2.45) is 5.92 Å². The monoisotopic (exact) mass is 485 g/mol. The molecule has 0 bridgehead atoms. The van der Waals surface area contributed by atoms with Gasteiger partial charge in [0.1, 0.15) is 22.9 Å². The van der Waals surface area contributed by atoms with E-state index in [1.54, 1.807) is 13.2 Å². The number of aryl methyl sites for hydroxylation is 1. The predicted octanol–water partition coefficient (Wildman–Crippen LogP) is 4.11. The largest absolute Gasteiger partial charge is 0.466 e. The standard InChI is InChI=1S/C27H36FN3O4/c1-19(24-8-7-20(2)35-24)9-12-30-13-10-22(11-14-30)27(18-21-5-4-6-23(28)17-21)25(32)31(15-16-34-3)26(33)29-27/h4-8,17,19,22H,9-16,18H2,1-3H3,(H,29,33)/t19-,27+/m0/s1. The Morgan fingerprint density at radius 3 is 2.63 bits per heavy atom. The highest BCUT2D eigenvalue weighted by atomic mass is 19.1. The summed E-state index contributed by atoms with van der Waals surface area (Å²) in [6, 6.07) is 9.95. The molecule has 4 rings (SSSR count). The van der Waals surface area contributed by atoms with Crippen LogP contribution in [0, 0.1) is 18.7 Å². The zero-order chi connectivity index (χ0) is 25.0. The number of hydrogen-bond donors (Lipinski definition) is 1. The van der Waals surface area contributed by atoms with Crippen LogP contribution in [0.4, 0.5) is 9.18 Å². The van der Waals surface area contributed by atoms with Crippen LogP contribution in [0.15, 0.2) is 40.8 Å². The molecule has 1 aromatic carbocycles. The lowest BCUT2D eigenvalue weighted by Gasteiger charge is -2.41. The Labute approximate surface area is 206 Å². The van der Waals surface area contributed by atoms with E-state index in [9.17, 15) is 14.0 Å². The Hall–Kier alpha value is -2.71. The van der Waals surface area contributed by atoms with Crippen LogP contribution in [0.2, 0.25) is 0 Å². The summed E-state index contributed by atoms with van der Waals surface area (Å²) in [7, 11) is 1.54. The van der Waals surface area contributed by atoms with Gasteiger partial charge < -0.3 is 19.4 Å². The number of piperidine rings is 1. The first-order valence-electron chi connectivity index (χ1n) is 12.5. The van der Waals surface area contributed by atoms with Crippen molar-refractivity contribution in [1.82, 2.24) is 15.1 Å². The van der Waals surface area contributed by atoms with Crippen molar-refractivity contribution in [2.75, 3.05) is 39.9 Å². The fourth-order valence-electron chi connectivity index (χ4n) is 5.43. The Balaban J connectivity index is 1.44. The fraction of sp³-hybridized carbons (Fsp3) is 0.556. The van der Waals surface area contributed by atoms with Gasteiger partial charge in [-0.25, -0.2) is 9.18 Å². The molecule has 190 valence electrons. The first kappa shape index (κ1) is 25.4. The second-order valence-corrected chi connectivity index (χ2v) is 9.91. The molecule has 2 aromatic rings. The van der Waals surface area contributed by atoms with Crippen LogP contribution >= 0.6 is 0 Å². The third-order valence-electron chi connectivity index (χ3n) is 7.50. The first-order valence-corrected chi connectivity index (χ1v) is 12.5. The molecule has 2 fully saturated rings. The van der Waals surface area contributed by atoms with E-state index in [0.717, 1.165) is 50.4 Å². The van der Waals surface area contributed by atoms with Gasteiger partial charge in [-0.1, -0.05) is 19.1 Å². The summed E-state index contributed by atoms with van der Waals surface area (Å²) in [4.78, 5) is 30.2. The second-order valence-electron chi connectivity index (χ2n) is 9.91. The molecule has 1 aromatic heterocycles. The van der Waals surface area contributed by atoms with Gasteiger partial charge in [0.15, 0.2) is 0 Å². The van der Waals surface area contributed by atoms with Crippen LogP contribution in [0.25, 0.3) is 0 Å². The topological polar surface area (TPSA) is 75.0 Å². The number of ether oxygens (including phenoxy) is 1. The smallest absolute Gasteiger partial charge is 0.325 e. The van der Waals surface area contributed by atoms with Crippen molar-refractivity contribution in [3.05, 3.63) is 59.3 Å². The number of benzene rings is 1. The van der Waals surface area contributed by atoms with Gasteiger partial charge in [-0.3, -0.25) is 9.69 Å². The number of nitrogens with zero attached hydrogens (tertiary/aromatic N) is 2. The summed E-state index contributed by atoms with van der Waals surface area (Å²) in [5.41, 5.74) is -0.360. The Bertz CT molecular complexity index is 1030. The minimum atomic E-state index is -1.07. The molecule has 0 aliphatic carbocycles. The number of imide groups is 1. The van der Waals surface area contributed by atoms with Crippen LogP contribution in [0.3, 0.4) is 0 Å². The van der Waals surface area contributed by atoms with Gasteiger partial charge in [0.05, 0.1) is 13.2 Å². The summed E-state index contributed by atoms with van der Waals surface area (Å²) in [6.07, 6.45) is 2.84. The van der Waals surface area contributed by atoms with E-state index < -0.39 is 11.6 Å². The average Bonchev–Trinajstić information content (AvgIpc) is 3.38. The highest BCUT2D eigenvalue weighted by Gasteiger charge is 2.55. The molecule has 0 unspecified atom stereocenters. The van der Waals surface area contributed by atoms with Gasteiger partial charge in [0.25, 0.3) is 5.91 Å². The Kier molecular flexibility index (Phi) is 7.91. The Morgan fingerprint density at radius 1 is 1.20 bits per heavy atom. The molecule has 35 heavy (non-hydrogen) atoms. The molecule has 0 spiro atoms. The molecule has 0 saturated carbocycles. The van der Waals surface area contributed by atoms with Crippen molar-refractivity contribution in [3.63, 3.8) is 0 Å². The summed E-state index contributed by atoms with van der Waals surface area (Å²) < 4.78 is 24.8. The van der Waals surface area contributed by atoms with Crippen LogP contribution in [0.1, 0.15) is 49.2 Å². The third-order valence-corrected chi connectivity index (χ3v) is 7.50. The zero-order valence-electron chi connectivity index (χ0n) is 20.9. The van der Waals surface area contributed by atoms with Crippen molar-refractivity contribution in [3.8, 4) is 0 Å². The quantitative estimate of drug-likeness (QED) is 0.513. The number of carbonyl (C=O) groups excluding carboxylic acids is 2. The third kappa shape index (κ3) is 5.59. The average molecular weight is 486 g/mol. The molecule has 2 saturated heterocycles. The fourth-order valence-corrected chi connectivity index (χ4v) is 5.43. The van der Waals surface area contributed by atoms with Crippen LogP contribution in [-0.2, 0) is 16.0 Å². The lowest BCUT2D eigenvalue weighted by molar-refractivity contribution is -0.134. The molecule has 2 aliphatic rings. The number of likely N-dealkylation sites (tertiary alicyclic amines) is 1. The number of amides is 3. The Morgan fingerprint density at radius 2 is 1.97 bits per heavy atom. The molecule has 2 atom stereocenters. The molecular weight excluding hydrogens is 449 g/mol. The van der Waals surface area contributed by atoms with Gasteiger partial charge >= 0.3 is 6.03 Å². The number of furan rings is 1. The van der Waals surface area contributed by atoms with Crippen molar-refractivity contribution < 1.29 is 23.1 Å². The van der Waals surface area contributed by atoms with Crippen LogP contribution in [-0.4, -0.2) is 67.2 Å². The van der Waals surface area contributed by atoms with E-state index in [-0.39, 0.29) is 37.2 Å². The lowest BCUT2D eigenvalue weighted by atomic mass is 9.74. The van der Waals surface area contributed by atoms with Gasteiger partial charge in [-0.15, -0.1) is 0 Å². The first-order chi connectivity index (χ1) is 16.8. The minimum Gasteiger partial charge on any atom is -0.466 e. The van der Waals surface area contributed by atoms with E-state index in [0.29, 0.717) is 11.5 Å². The maximum absolute atomic E-state index is 13.9. The summed E-state index contributed by atoms with van der Waals surface area (Å²) >= 11 is 0. The number of nitrogens with one attached hydrogen (secondary N) is 1. The van der Waals surface area contributed by atoms with Crippen molar-refractivity contribution in [1.29, 1.82) is 0 Å².